The summed E-state index contributed by atoms with van der Waals surface area (Å²) in [5.74, 6) is -1.20. The van der Waals surface area contributed by atoms with Gasteiger partial charge in [-0.2, -0.15) is 0 Å². The first kappa shape index (κ1) is 28.9. The molecule has 0 saturated carbocycles. The van der Waals surface area contributed by atoms with Crippen LogP contribution in [-0.2, 0) is 26.2 Å². The third-order valence-corrected chi connectivity index (χ3v) is 8.97. The number of amides is 3. The number of carbonyl (C=O) groups is 3. The van der Waals surface area contributed by atoms with Gasteiger partial charge in [0.25, 0.3) is 15.9 Å². The minimum absolute atomic E-state index is 0.0275. The largest absolute Gasteiger partial charge is 0.352 e. The Balaban J connectivity index is 1.77. The van der Waals surface area contributed by atoms with Crippen LogP contribution in [0.5, 0.6) is 0 Å². The second-order valence-electron chi connectivity index (χ2n) is 8.99. The maximum absolute atomic E-state index is 13.4. The van der Waals surface area contributed by atoms with E-state index in [4.69, 9.17) is 23.2 Å². The average Bonchev–Trinajstić information content (AvgIpc) is 3.06. The molecule has 3 rings (SSSR count). The smallest absolute Gasteiger partial charge is 0.269 e. The van der Waals surface area contributed by atoms with Crippen molar-refractivity contribution in [2.24, 2.45) is 0 Å². The highest BCUT2D eigenvalue weighted by atomic mass is 35.5. The first-order chi connectivity index (χ1) is 17.5. The van der Waals surface area contributed by atoms with Crippen LogP contribution in [0.3, 0.4) is 0 Å². The van der Waals surface area contributed by atoms with Gasteiger partial charge in [0.2, 0.25) is 11.8 Å². The van der Waals surface area contributed by atoms with Crippen molar-refractivity contribution in [2.45, 2.75) is 70.0 Å². The van der Waals surface area contributed by atoms with Crippen molar-refractivity contribution in [2.75, 3.05) is 6.54 Å². The number of hydrogen-bond donors (Lipinski definition) is 1. The highest BCUT2D eigenvalue weighted by Crippen LogP contribution is 2.30. The van der Waals surface area contributed by atoms with Crippen LogP contribution in [0.4, 0.5) is 0 Å². The minimum atomic E-state index is -3.95. The molecule has 0 bridgehead atoms. The van der Waals surface area contributed by atoms with Crippen molar-refractivity contribution in [1.82, 2.24) is 14.5 Å². The van der Waals surface area contributed by atoms with E-state index in [-0.39, 0.29) is 54.2 Å². The number of halogens is 2. The third-order valence-electron chi connectivity index (χ3n) is 6.39. The van der Waals surface area contributed by atoms with Gasteiger partial charge in [-0.15, -0.1) is 0 Å². The number of carbonyl (C=O) groups excluding carboxylic acids is 3. The summed E-state index contributed by atoms with van der Waals surface area (Å²) in [7, 11) is -3.95. The summed E-state index contributed by atoms with van der Waals surface area (Å²) >= 11 is 12.2. The number of nitrogens with zero attached hydrogens (tertiary/aromatic N) is 2. The summed E-state index contributed by atoms with van der Waals surface area (Å²) in [5, 5.41) is 3.65. The van der Waals surface area contributed by atoms with Crippen LogP contribution in [0.25, 0.3) is 0 Å². The van der Waals surface area contributed by atoms with E-state index in [1.807, 2.05) is 20.8 Å². The molecule has 2 aromatic carbocycles. The van der Waals surface area contributed by atoms with Crippen molar-refractivity contribution < 1.29 is 22.8 Å². The maximum atomic E-state index is 13.4. The Morgan fingerprint density at radius 1 is 1.05 bits per heavy atom. The summed E-state index contributed by atoms with van der Waals surface area (Å²) in [5.41, 5.74) is 0.827. The molecule has 1 aliphatic heterocycles. The topological polar surface area (TPSA) is 104 Å². The van der Waals surface area contributed by atoms with Gasteiger partial charge in [-0.25, -0.2) is 12.7 Å². The van der Waals surface area contributed by atoms with E-state index in [9.17, 15) is 22.8 Å². The molecule has 2 unspecified atom stereocenters. The molecule has 3 amide bonds. The Morgan fingerprint density at radius 2 is 1.76 bits per heavy atom. The molecule has 11 heteroatoms. The lowest BCUT2D eigenvalue weighted by Gasteiger charge is -2.31. The number of fused-ring (bicyclic) bond motifs is 1. The Labute approximate surface area is 228 Å². The highest BCUT2D eigenvalue weighted by Gasteiger charge is 2.40. The number of sulfonamides is 1. The predicted molar refractivity (Wildman–Crippen MR) is 143 cm³/mol. The molecule has 0 aliphatic carbocycles. The molecule has 200 valence electrons. The van der Waals surface area contributed by atoms with Gasteiger partial charge in [0.1, 0.15) is 10.9 Å². The number of hydrogen-bond acceptors (Lipinski definition) is 5. The lowest BCUT2D eigenvalue weighted by molar-refractivity contribution is -0.141. The van der Waals surface area contributed by atoms with Gasteiger partial charge in [0.15, 0.2) is 0 Å². The number of nitrogens with one attached hydrogen (secondary N) is 1. The average molecular weight is 569 g/mol. The number of benzene rings is 2. The lowest BCUT2D eigenvalue weighted by Crippen LogP contribution is -2.50. The van der Waals surface area contributed by atoms with Gasteiger partial charge in [-0.05, 0) is 56.0 Å². The van der Waals surface area contributed by atoms with E-state index >= 15 is 0 Å². The van der Waals surface area contributed by atoms with Crippen LogP contribution in [0.15, 0.2) is 47.4 Å². The normalized spacial score (nSPS) is 15.7. The SMILES string of the molecule is CCC(C)NC(=O)C(CC)N(Cc1ccc(Cl)c(Cl)c1)C(=O)CCCN1C(=O)c2ccccc2S1(=O)=O. The molecular weight excluding hydrogens is 537 g/mol. The van der Waals surface area contributed by atoms with Crippen molar-refractivity contribution in [3.63, 3.8) is 0 Å². The van der Waals surface area contributed by atoms with Gasteiger partial charge >= 0.3 is 0 Å². The summed E-state index contributed by atoms with van der Waals surface area (Å²) in [6.45, 7) is 5.65. The standard InChI is InChI=1S/C26H31Cl2N3O5S/c1-4-17(3)29-25(33)22(5-2)30(16-18-12-13-20(27)21(28)15-18)24(32)11-8-14-31-26(34)19-9-6-7-10-23(19)37(31,35)36/h6-7,9-10,12-13,15,17,22H,4-5,8,11,14,16H2,1-3H3,(H,29,33). The Hall–Kier alpha value is -2.62. The predicted octanol–water partition coefficient (Wildman–Crippen LogP) is 4.64. The zero-order valence-corrected chi connectivity index (χ0v) is 23.4. The fourth-order valence-electron chi connectivity index (χ4n) is 4.16. The van der Waals surface area contributed by atoms with E-state index in [1.54, 1.807) is 30.3 Å². The quantitative estimate of drug-likeness (QED) is 0.426. The molecule has 1 heterocycles. The summed E-state index contributed by atoms with van der Waals surface area (Å²) in [6, 6.07) is 10.3. The minimum Gasteiger partial charge on any atom is -0.352 e. The van der Waals surface area contributed by atoms with Gasteiger partial charge in [0, 0.05) is 25.6 Å². The van der Waals surface area contributed by atoms with E-state index in [1.165, 1.54) is 17.0 Å². The molecule has 0 aromatic heterocycles. The molecule has 1 N–H and O–H groups in total. The van der Waals surface area contributed by atoms with E-state index in [0.717, 1.165) is 10.7 Å². The molecule has 2 aromatic rings. The van der Waals surface area contributed by atoms with Gasteiger partial charge < -0.3 is 10.2 Å². The first-order valence-corrected chi connectivity index (χ1v) is 14.4. The number of rotatable bonds is 11. The molecule has 37 heavy (non-hydrogen) atoms. The van der Waals surface area contributed by atoms with Crippen LogP contribution in [-0.4, -0.2) is 54.0 Å². The zero-order valence-electron chi connectivity index (χ0n) is 21.0. The maximum Gasteiger partial charge on any atom is 0.269 e. The van der Waals surface area contributed by atoms with E-state index in [2.05, 4.69) is 5.32 Å². The van der Waals surface area contributed by atoms with Crippen LogP contribution < -0.4 is 5.32 Å². The van der Waals surface area contributed by atoms with Gasteiger partial charge in [-0.1, -0.05) is 55.2 Å². The van der Waals surface area contributed by atoms with Crippen LogP contribution in [0.2, 0.25) is 10.0 Å². The van der Waals surface area contributed by atoms with E-state index in [0.29, 0.717) is 22.0 Å². The van der Waals surface area contributed by atoms with Crippen molar-refractivity contribution in [3.8, 4) is 0 Å². The first-order valence-electron chi connectivity index (χ1n) is 12.2. The molecule has 1 aliphatic rings. The molecule has 8 nitrogen and oxygen atoms in total. The van der Waals surface area contributed by atoms with Gasteiger partial charge in [-0.3, -0.25) is 14.4 Å². The van der Waals surface area contributed by atoms with Crippen LogP contribution >= 0.6 is 23.2 Å². The lowest BCUT2D eigenvalue weighted by atomic mass is 10.1. The monoisotopic (exact) mass is 567 g/mol. The van der Waals surface area contributed by atoms with Gasteiger partial charge in [0.05, 0.1) is 15.6 Å². The Kier molecular flexibility index (Phi) is 9.61. The molecule has 2 atom stereocenters. The molecular formula is C26H31Cl2N3O5S. The highest BCUT2D eigenvalue weighted by molar-refractivity contribution is 7.90. The van der Waals surface area contributed by atoms with Crippen molar-refractivity contribution >= 4 is 50.9 Å². The molecule has 0 spiro atoms. The third kappa shape index (κ3) is 6.45. The van der Waals surface area contributed by atoms with E-state index < -0.39 is 22.0 Å². The fourth-order valence-corrected chi connectivity index (χ4v) is 6.09. The van der Waals surface area contributed by atoms with Crippen molar-refractivity contribution in [3.05, 3.63) is 63.6 Å². The summed E-state index contributed by atoms with van der Waals surface area (Å²) in [6.07, 6.45) is 1.18. The summed E-state index contributed by atoms with van der Waals surface area (Å²) in [4.78, 5) is 40.6. The van der Waals surface area contributed by atoms with Crippen LogP contribution in [0.1, 0.15) is 62.4 Å². The fraction of sp³-hybridized carbons (Fsp3) is 0.423. The summed E-state index contributed by atoms with van der Waals surface area (Å²) < 4.78 is 26.4. The molecule has 0 radical (unpaired) electrons. The van der Waals surface area contributed by atoms with Crippen molar-refractivity contribution in [1.29, 1.82) is 0 Å². The Bertz CT molecular complexity index is 1280. The van der Waals surface area contributed by atoms with Crippen LogP contribution in [0, 0.1) is 0 Å². The molecule has 0 fully saturated rings. The Morgan fingerprint density at radius 3 is 2.38 bits per heavy atom. The second-order valence-corrected chi connectivity index (χ2v) is 11.6. The molecule has 0 saturated heterocycles. The second kappa shape index (κ2) is 12.3. The zero-order chi connectivity index (χ0) is 27.3.